The van der Waals surface area contributed by atoms with Crippen molar-refractivity contribution in [1.29, 1.82) is 0 Å². The summed E-state index contributed by atoms with van der Waals surface area (Å²) < 4.78 is 11.7. The number of fused-ring (bicyclic) bond motifs is 1. The minimum Gasteiger partial charge on any atom is -0.495 e. The highest BCUT2D eigenvalue weighted by atomic mass is 32.1. The summed E-state index contributed by atoms with van der Waals surface area (Å²) in [5.41, 5.74) is 1.59. The third-order valence-electron chi connectivity index (χ3n) is 5.21. The van der Waals surface area contributed by atoms with Crippen LogP contribution in [-0.2, 0) is 4.74 Å². The van der Waals surface area contributed by atoms with Gasteiger partial charge in [-0.1, -0.05) is 30.3 Å². The summed E-state index contributed by atoms with van der Waals surface area (Å²) in [6.45, 7) is 5.15. The minimum absolute atomic E-state index is 0.168. The van der Waals surface area contributed by atoms with Crippen LogP contribution in [0.25, 0.3) is 10.1 Å². The fraction of sp³-hybridized carbons (Fsp3) is 0.192. The van der Waals surface area contributed by atoms with Crippen molar-refractivity contribution < 1.29 is 23.9 Å². The molecule has 2 amide bonds. The van der Waals surface area contributed by atoms with Crippen LogP contribution in [0.2, 0.25) is 0 Å². The Bertz CT molecular complexity index is 1420. The molecule has 0 atom stereocenters. The van der Waals surface area contributed by atoms with Crippen LogP contribution in [0.4, 0.5) is 10.7 Å². The number of hydrogen-bond acceptors (Lipinski definition) is 7. The molecule has 0 radical (unpaired) electrons. The van der Waals surface area contributed by atoms with Gasteiger partial charge in [-0.2, -0.15) is 0 Å². The standard InChI is InChI=1S/C26H24N2O5S2/c1-14(2)33-26(31)21-15(3)22(24(30)27-18-10-6-7-11-19(18)32-4)35-25(21)28-23(29)17-13-34-20-12-8-5-9-16(17)20/h5-14H,1-4H3,(H,27,30)(H,28,29). The van der Waals surface area contributed by atoms with Gasteiger partial charge < -0.3 is 20.1 Å². The van der Waals surface area contributed by atoms with E-state index in [1.165, 1.54) is 18.4 Å². The van der Waals surface area contributed by atoms with Crippen LogP contribution in [-0.4, -0.2) is 31.0 Å². The first kappa shape index (κ1) is 24.4. The highest BCUT2D eigenvalue weighted by Gasteiger charge is 2.28. The van der Waals surface area contributed by atoms with Crippen LogP contribution < -0.4 is 15.4 Å². The number of anilines is 2. The summed E-state index contributed by atoms with van der Waals surface area (Å²) in [5, 5.41) is 8.53. The van der Waals surface area contributed by atoms with Crippen molar-refractivity contribution in [2.24, 2.45) is 0 Å². The summed E-state index contributed by atoms with van der Waals surface area (Å²) in [5.74, 6) is -0.876. The van der Waals surface area contributed by atoms with Crippen molar-refractivity contribution in [3.63, 3.8) is 0 Å². The van der Waals surface area contributed by atoms with E-state index >= 15 is 0 Å². The zero-order valence-corrected chi connectivity index (χ0v) is 21.3. The van der Waals surface area contributed by atoms with Gasteiger partial charge in [-0.25, -0.2) is 4.79 Å². The van der Waals surface area contributed by atoms with E-state index in [9.17, 15) is 14.4 Å². The quantitative estimate of drug-likeness (QED) is 0.284. The molecule has 0 aliphatic heterocycles. The third kappa shape index (κ3) is 5.06. The van der Waals surface area contributed by atoms with Crippen molar-refractivity contribution in [3.8, 4) is 5.75 Å². The van der Waals surface area contributed by atoms with Gasteiger partial charge in [-0.15, -0.1) is 22.7 Å². The first-order valence-corrected chi connectivity index (χ1v) is 12.6. The largest absolute Gasteiger partial charge is 0.495 e. The Morgan fingerprint density at radius 1 is 0.943 bits per heavy atom. The van der Waals surface area contributed by atoms with Crippen molar-refractivity contribution in [2.45, 2.75) is 26.9 Å². The average Bonchev–Trinajstić information content (AvgIpc) is 3.40. The highest BCUT2D eigenvalue weighted by molar-refractivity contribution is 7.19. The maximum atomic E-state index is 13.2. The normalized spacial score (nSPS) is 10.9. The Morgan fingerprint density at radius 3 is 2.40 bits per heavy atom. The second kappa shape index (κ2) is 10.3. The number of amides is 2. The van der Waals surface area contributed by atoms with E-state index in [4.69, 9.17) is 9.47 Å². The Morgan fingerprint density at radius 2 is 1.66 bits per heavy atom. The van der Waals surface area contributed by atoms with Crippen LogP contribution in [0.15, 0.2) is 53.9 Å². The van der Waals surface area contributed by atoms with Crippen LogP contribution in [0.1, 0.15) is 49.8 Å². The van der Waals surface area contributed by atoms with Gasteiger partial charge in [-0.3, -0.25) is 9.59 Å². The highest BCUT2D eigenvalue weighted by Crippen LogP contribution is 2.36. The Balaban J connectivity index is 1.70. The summed E-state index contributed by atoms with van der Waals surface area (Å²) in [6, 6.07) is 14.6. The number of para-hydroxylation sites is 2. The molecule has 9 heteroatoms. The maximum Gasteiger partial charge on any atom is 0.341 e. The molecule has 0 fully saturated rings. The smallest absolute Gasteiger partial charge is 0.341 e. The van der Waals surface area contributed by atoms with Crippen LogP contribution in [0.3, 0.4) is 0 Å². The number of hydrogen-bond donors (Lipinski definition) is 2. The lowest BCUT2D eigenvalue weighted by molar-refractivity contribution is 0.0379. The fourth-order valence-electron chi connectivity index (χ4n) is 3.59. The number of benzene rings is 2. The van der Waals surface area contributed by atoms with Gasteiger partial charge in [0, 0.05) is 15.5 Å². The van der Waals surface area contributed by atoms with Crippen LogP contribution in [0.5, 0.6) is 5.75 Å². The van der Waals surface area contributed by atoms with Crippen molar-refractivity contribution in [1.82, 2.24) is 0 Å². The number of rotatable bonds is 7. The molecule has 2 aromatic carbocycles. The monoisotopic (exact) mass is 508 g/mol. The van der Waals surface area contributed by atoms with Crippen molar-refractivity contribution >= 4 is 61.2 Å². The van der Waals surface area contributed by atoms with Crippen molar-refractivity contribution in [2.75, 3.05) is 17.7 Å². The van der Waals surface area contributed by atoms with E-state index in [1.807, 2.05) is 24.3 Å². The molecule has 2 heterocycles. The molecule has 0 saturated heterocycles. The van der Waals surface area contributed by atoms with E-state index in [1.54, 1.807) is 50.4 Å². The Labute approximate surface area is 210 Å². The molecular formula is C26H24N2O5S2. The predicted molar refractivity (Wildman–Crippen MR) is 140 cm³/mol. The molecule has 35 heavy (non-hydrogen) atoms. The Kier molecular flexibility index (Phi) is 7.18. The topological polar surface area (TPSA) is 93.7 Å². The van der Waals surface area contributed by atoms with Gasteiger partial charge in [0.1, 0.15) is 10.8 Å². The zero-order valence-electron chi connectivity index (χ0n) is 19.6. The fourth-order valence-corrected chi connectivity index (χ4v) is 5.61. The van der Waals surface area contributed by atoms with Crippen molar-refractivity contribution in [3.05, 3.63) is 75.5 Å². The predicted octanol–water partition coefficient (Wildman–Crippen LogP) is 6.35. The van der Waals surface area contributed by atoms with Gasteiger partial charge in [0.15, 0.2) is 0 Å². The number of methoxy groups -OCH3 is 1. The molecule has 7 nitrogen and oxygen atoms in total. The summed E-state index contributed by atoms with van der Waals surface area (Å²) in [7, 11) is 1.52. The number of ether oxygens (including phenoxy) is 2. The summed E-state index contributed by atoms with van der Waals surface area (Å²) >= 11 is 2.50. The molecule has 0 spiro atoms. The molecule has 0 aliphatic carbocycles. The number of esters is 1. The van der Waals surface area contributed by atoms with Gasteiger partial charge in [-0.05, 0) is 44.5 Å². The third-order valence-corrected chi connectivity index (χ3v) is 7.38. The molecule has 0 saturated carbocycles. The van der Waals surface area contributed by atoms with Gasteiger partial charge in [0.2, 0.25) is 0 Å². The zero-order chi connectivity index (χ0) is 25.1. The summed E-state index contributed by atoms with van der Waals surface area (Å²) in [4.78, 5) is 39.6. The number of carbonyl (C=O) groups excluding carboxylic acids is 3. The van der Waals surface area contributed by atoms with Crippen LogP contribution in [0, 0.1) is 6.92 Å². The first-order chi connectivity index (χ1) is 16.8. The SMILES string of the molecule is COc1ccccc1NC(=O)c1sc(NC(=O)c2csc3ccccc23)c(C(=O)OC(C)C)c1C. The van der Waals surface area contributed by atoms with E-state index in [-0.39, 0.29) is 27.5 Å². The molecular weight excluding hydrogens is 484 g/mol. The molecule has 4 rings (SSSR count). The number of thiophene rings is 2. The van der Waals surface area contributed by atoms with Gasteiger partial charge in [0.25, 0.3) is 11.8 Å². The molecule has 0 bridgehead atoms. The molecule has 180 valence electrons. The van der Waals surface area contributed by atoms with Gasteiger partial charge >= 0.3 is 5.97 Å². The lowest BCUT2D eigenvalue weighted by Gasteiger charge is -2.10. The average molecular weight is 509 g/mol. The second-order valence-electron chi connectivity index (χ2n) is 7.97. The van der Waals surface area contributed by atoms with E-state index in [0.29, 0.717) is 22.6 Å². The van der Waals surface area contributed by atoms with E-state index in [2.05, 4.69) is 10.6 Å². The number of nitrogens with one attached hydrogen (secondary N) is 2. The van der Waals surface area contributed by atoms with E-state index in [0.717, 1.165) is 21.4 Å². The lowest BCUT2D eigenvalue weighted by Crippen LogP contribution is -2.17. The second-order valence-corrected chi connectivity index (χ2v) is 9.90. The molecule has 2 aromatic heterocycles. The molecule has 4 aromatic rings. The van der Waals surface area contributed by atoms with Crippen LogP contribution >= 0.6 is 22.7 Å². The first-order valence-electron chi connectivity index (χ1n) is 10.9. The summed E-state index contributed by atoms with van der Waals surface area (Å²) in [6.07, 6.45) is -0.364. The minimum atomic E-state index is -0.601. The molecule has 2 N–H and O–H groups in total. The molecule has 0 aliphatic rings. The molecule has 0 unspecified atom stereocenters. The Hall–Kier alpha value is -3.69. The van der Waals surface area contributed by atoms with Gasteiger partial charge in [0.05, 0.1) is 34.9 Å². The maximum absolute atomic E-state index is 13.2. The number of carbonyl (C=O) groups is 3. The van der Waals surface area contributed by atoms with E-state index < -0.39 is 11.9 Å². The lowest BCUT2D eigenvalue weighted by atomic mass is 10.1.